The van der Waals surface area contributed by atoms with E-state index >= 15 is 0 Å². The minimum absolute atomic E-state index is 0.0652. The predicted molar refractivity (Wildman–Crippen MR) is 256 cm³/mol. The van der Waals surface area contributed by atoms with Gasteiger partial charge in [-0.2, -0.15) is 10.2 Å². The molecule has 336 valence electrons. The predicted octanol–water partition coefficient (Wildman–Crippen LogP) is 8.07. The number of piperidine rings is 2. The van der Waals surface area contributed by atoms with Crippen LogP contribution in [0.2, 0.25) is 5.02 Å². The zero-order valence-electron chi connectivity index (χ0n) is 35.5. The van der Waals surface area contributed by atoms with Gasteiger partial charge in [0.2, 0.25) is 0 Å². The number of fused-ring (bicyclic) bond motifs is 2. The summed E-state index contributed by atoms with van der Waals surface area (Å²) in [4.78, 5) is 41.0. The van der Waals surface area contributed by atoms with Crippen molar-refractivity contribution in [2.45, 2.75) is 37.8 Å². The minimum atomic E-state index is -0.399. The molecule has 63 heavy (non-hydrogen) atoms. The average molecular weight is 1080 g/mol. The van der Waals surface area contributed by atoms with Crippen LogP contribution in [-0.2, 0) is 4.74 Å². The van der Waals surface area contributed by atoms with Gasteiger partial charge in [-0.1, -0.05) is 23.7 Å². The number of urea groups is 1. The average Bonchev–Trinajstić information content (AvgIpc) is 3.86. The molecular formula is C42H51Br3ClFN14O2. The van der Waals surface area contributed by atoms with Gasteiger partial charge in [-0.05, 0) is 143 Å². The molecule has 1 atom stereocenters. The molecule has 3 N–H and O–H groups in total. The lowest BCUT2D eigenvalue weighted by Gasteiger charge is -2.39. The number of benzene rings is 2. The number of aromatic amines is 2. The number of carbonyl (C=O) groups is 1. The minimum Gasteiger partial charge on any atom is -0.372 e. The standard InChI is InChI=1S/C21H25Br2FN8O.C21H26BrClN6O/c1-30(2)10-7-25-21(33)32(14-3-4-15(22)16(24)11-14)13-5-8-31(9-6-13)20-17-18(23)28-29-19(17)26-12-27-20;1-28(2)11-12-30-18(14-3-5-16(23)6-4-14)15-7-9-29(10-8-15)21-17-19(22)26-27-20(17)24-13-25-21/h3-4,11-13H,5-10H2,1-2H3,(H,25,33)(H,26,27,28,29);3-6,13,15,18H,7-12H2,1-2H3,(H,24,25,26,27). The van der Waals surface area contributed by atoms with Gasteiger partial charge in [0, 0.05) is 62.6 Å². The summed E-state index contributed by atoms with van der Waals surface area (Å²) in [7, 11) is 8.03. The van der Waals surface area contributed by atoms with Crippen LogP contribution in [0.25, 0.3) is 22.1 Å². The van der Waals surface area contributed by atoms with Crippen LogP contribution in [-0.4, -0.2) is 143 Å². The fraction of sp³-hybridized carbons (Fsp3) is 0.452. The molecule has 2 fully saturated rings. The molecule has 0 spiro atoms. The highest BCUT2D eigenvalue weighted by atomic mass is 79.9. The molecule has 2 amide bonds. The number of ether oxygens (including phenoxy) is 1. The molecule has 21 heteroatoms. The first-order chi connectivity index (χ1) is 30.4. The number of carbonyl (C=O) groups excluding carboxylic acids is 1. The summed E-state index contributed by atoms with van der Waals surface area (Å²) in [6.45, 7) is 6.03. The van der Waals surface area contributed by atoms with E-state index in [9.17, 15) is 9.18 Å². The fourth-order valence-electron chi connectivity index (χ4n) is 7.96. The Morgan fingerprint density at radius 1 is 0.825 bits per heavy atom. The number of aromatic nitrogens is 8. The first-order valence-electron chi connectivity index (χ1n) is 20.8. The first kappa shape index (κ1) is 46.9. The van der Waals surface area contributed by atoms with Crippen molar-refractivity contribution in [3.8, 4) is 0 Å². The molecule has 6 aromatic rings. The second-order valence-electron chi connectivity index (χ2n) is 16.1. The molecule has 2 saturated heterocycles. The molecule has 16 nitrogen and oxygen atoms in total. The molecule has 2 aliphatic rings. The summed E-state index contributed by atoms with van der Waals surface area (Å²) in [5.74, 6) is 1.77. The van der Waals surface area contributed by atoms with Gasteiger partial charge in [0.05, 0.1) is 28.0 Å². The highest BCUT2D eigenvalue weighted by molar-refractivity contribution is 9.11. The highest BCUT2D eigenvalue weighted by Gasteiger charge is 2.32. The van der Waals surface area contributed by atoms with Crippen LogP contribution in [0.15, 0.2) is 68.8 Å². The van der Waals surface area contributed by atoms with E-state index in [1.165, 1.54) is 18.0 Å². The maximum absolute atomic E-state index is 14.3. The molecule has 4 aromatic heterocycles. The van der Waals surface area contributed by atoms with Crippen LogP contribution in [0, 0.1) is 11.7 Å². The third kappa shape index (κ3) is 11.6. The molecular weight excluding hydrogens is 1030 g/mol. The van der Waals surface area contributed by atoms with Gasteiger partial charge in [0.1, 0.15) is 39.3 Å². The van der Waals surface area contributed by atoms with E-state index in [-0.39, 0.29) is 18.2 Å². The van der Waals surface area contributed by atoms with E-state index in [1.54, 1.807) is 23.4 Å². The second-order valence-corrected chi connectivity index (χ2v) is 18.9. The summed E-state index contributed by atoms with van der Waals surface area (Å²) in [5, 5.41) is 19.7. The number of anilines is 3. The van der Waals surface area contributed by atoms with Crippen LogP contribution in [0.5, 0.6) is 0 Å². The van der Waals surface area contributed by atoms with Crippen molar-refractivity contribution in [3.05, 3.63) is 85.2 Å². The van der Waals surface area contributed by atoms with Gasteiger partial charge >= 0.3 is 6.03 Å². The maximum Gasteiger partial charge on any atom is 0.322 e. The van der Waals surface area contributed by atoms with E-state index in [4.69, 9.17) is 16.3 Å². The van der Waals surface area contributed by atoms with Gasteiger partial charge in [-0.3, -0.25) is 15.1 Å². The molecule has 2 aromatic carbocycles. The number of nitrogens with zero attached hydrogens (tertiary/aromatic N) is 11. The molecule has 6 heterocycles. The monoisotopic (exact) mass is 1070 g/mol. The third-order valence-corrected chi connectivity index (χ3v) is 13.3. The topological polar surface area (TPSA) is 163 Å². The Balaban J connectivity index is 0.000000190. The van der Waals surface area contributed by atoms with Crippen LogP contribution in [0.3, 0.4) is 0 Å². The zero-order chi connectivity index (χ0) is 44.6. The lowest BCUT2D eigenvalue weighted by molar-refractivity contribution is -0.00305. The van der Waals surface area contributed by atoms with Crippen LogP contribution >= 0.6 is 59.4 Å². The van der Waals surface area contributed by atoms with Gasteiger partial charge in [0.25, 0.3) is 0 Å². The van der Waals surface area contributed by atoms with Gasteiger partial charge in [-0.25, -0.2) is 29.1 Å². The summed E-state index contributed by atoms with van der Waals surface area (Å²) in [6, 6.07) is 12.6. The molecule has 0 aliphatic carbocycles. The summed E-state index contributed by atoms with van der Waals surface area (Å²) < 4.78 is 22.6. The Kier molecular flexibility index (Phi) is 16.2. The largest absolute Gasteiger partial charge is 0.372 e. The molecule has 0 saturated carbocycles. The van der Waals surface area contributed by atoms with Gasteiger partial charge in [0.15, 0.2) is 11.3 Å². The van der Waals surface area contributed by atoms with Crippen molar-refractivity contribution in [2.24, 2.45) is 5.92 Å². The third-order valence-electron chi connectivity index (χ3n) is 11.2. The zero-order valence-corrected chi connectivity index (χ0v) is 41.1. The molecule has 0 bridgehead atoms. The number of rotatable bonds is 13. The van der Waals surface area contributed by atoms with Crippen molar-refractivity contribution >= 4 is 105 Å². The summed E-state index contributed by atoms with van der Waals surface area (Å²) >= 11 is 16.3. The number of nitrogens with one attached hydrogen (secondary N) is 3. The van der Waals surface area contributed by atoms with Crippen molar-refractivity contribution in [1.82, 2.24) is 55.4 Å². The second kappa shape index (κ2) is 21.8. The van der Waals surface area contributed by atoms with Gasteiger partial charge in [-0.15, -0.1) is 0 Å². The van der Waals surface area contributed by atoms with E-state index < -0.39 is 5.82 Å². The van der Waals surface area contributed by atoms with E-state index in [0.29, 0.717) is 66.5 Å². The van der Waals surface area contributed by atoms with E-state index in [1.807, 2.05) is 31.1 Å². The summed E-state index contributed by atoms with van der Waals surface area (Å²) in [6.07, 6.45) is 6.62. The van der Waals surface area contributed by atoms with E-state index in [2.05, 4.69) is 134 Å². The first-order valence-corrected chi connectivity index (χ1v) is 23.5. The summed E-state index contributed by atoms with van der Waals surface area (Å²) in [5.41, 5.74) is 3.01. The Morgan fingerprint density at radius 2 is 1.38 bits per heavy atom. The normalized spacial score (nSPS) is 15.6. The Labute approximate surface area is 396 Å². The van der Waals surface area contributed by atoms with Crippen LogP contribution in [0.1, 0.15) is 37.4 Å². The quantitative estimate of drug-likeness (QED) is 0.102. The van der Waals surface area contributed by atoms with Crippen molar-refractivity contribution < 1.29 is 13.9 Å². The molecule has 2 aliphatic heterocycles. The number of halogens is 5. The Morgan fingerprint density at radius 3 is 1.92 bits per heavy atom. The number of amides is 2. The number of hydrogen-bond acceptors (Lipinski definition) is 12. The smallest absolute Gasteiger partial charge is 0.322 e. The Bertz CT molecular complexity index is 2440. The van der Waals surface area contributed by atoms with Crippen molar-refractivity contribution in [2.75, 3.05) is 95.3 Å². The lowest BCUT2D eigenvalue weighted by atomic mass is 9.87. The Hall–Kier alpha value is -4.05. The lowest BCUT2D eigenvalue weighted by Crippen LogP contribution is -2.52. The SMILES string of the molecule is CN(C)CCNC(=O)N(c1ccc(Br)c(F)c1)C1CCN(c2ncnc3n[nH]c(Br)c23)CC1.CN(C)CCOC(c1ccc(Cl)cc1)C1CCN(c2ncnc3n[nH]c(Br)c23)CC1. The van der Waals surface area contributed by atoms with Crippen LogP contribution in [0.4, 0.5) is 26.5 Å². The van der Waals surface area contributed by atoms with Gasteiger partial charge < -0.3 is 29.7 Å². The number of hydrogen-bond donors (Lipinski definition) is 3. The fourth-order valence-corrected chi connectivity index (χ4v) is 9.22. The van der Waals surface area contributed by atoms with Crippen LogP contribution < -0.4 is 20.0 Å². The number of H-pyrrole nitrogens is 2. The number of likely N-dealkylation sites (N-methyl/N-ethyl adjacent to an activating group) is 2. The van der Waals surface area contributed by atoms with Crippen molar-refractivity contribution in [3.63, 3.8) is 0 Å². The van der Waals surface area contributed by atoms with E-state index in [0.717, 1.165) is 75.7 Å². The molecule has 8 rings (SSSR count). The molecule has 0 radical (unpaired) electrons. The highest BCUT2D eigenvalue weighted by Crippen LogP contribution is 2.38. The molecule has 1 unspecified atom stereocenters. The maximum atomic E-state index is 14.3. The van der Waals surface area contributed by atoms with Crippen molar-refractivity contribution in [1.29, 1.82) is 0 Å².